The van der Waals surface area contributed by atoms with Crippen LogP contribution < -0.4 is 5.73 Å². The summed E-state index contributed by atoms with van der Waals surface area (Å²) in [6.07, 6.45) is 4.05. The molecule has 4 heteroatoms. The van der Waals surface area contributed by atoms with E-state index in [2.05, 4.69) is 18.7 Å². The van der Waals surface area contributed by atoms with Gasteiger partial charge in [-0.15, -0.1) is 12.4 Å². The maximum Gasteiger partial charge on any atom is 0.0594 e. The molecule has 1 aliphatic heterocycles. The van der Waals surface area contributed by atoms with E-state index in [1.807, 2.05) is 0 Å². The van der Waals surface area contributed by atoms with Gasteiger partial charge in [0, 0.05) is 25.2 Å². The number of ether oxygens (including phenoxy) is 1. The molecule has 0 aromatic heterocycles. The number of halogens is 1. The predicted molar refractivity (Wildman–Crippen MR) is 66.6 cm³/mol. The van der Waals surface area contributed by atoms with Gasteiger partial charge in [0.1, 0.15) is 0 Å². The molecule has 0 bridgehead atoms. The Bertz CT molecular complexity index is 148. The van der Waals surface area contributed by atoms with E-state index in [1.54, 1.807) is 0 Å². The van der Waals surface area contributed by atoms with Crippen LogP contribution in [0.5, 0.6) is 0 Å². The maximum atomic E-state index is 5.42. The van der Waals surface area contributed by atoms with Gasteiger partial charge in [-0.1, -0.05) is 6.42 Å². The lowest BCUT2D eigenvalue weighted by atomic mass is 9.98. The molecule has 0 aromatic carbocycles. The summed E-state index contributed by atoms with van der Waals surface area (Å²) >= 11 is 0. The van der Waals surface area contributed by atoms with Crippen LogP contribution in [0.1, 0.15) is 33.1 Å². The Morgan fingerprint density at radius 3 is 2.33 bits per heavy atom. The molecule has 0 radical (unpaired) electrons. The maximum absolute atomic E-state index is 5.42. The summed E-state index contributed by atoms with van der Waals surface area (Å²) in [4.78, 5) is 2.56. The molecule has 2 atom stereocenters. The first-order valence-corrected chi connectivity index (χ1v) is 5.79. The van der Waals surface area contributed by atoms with Crippen LogP contribution >= 0.6 is 12.4 Å². The van der Waals surface area contributed by atoms with Crippen molar-refractivity contribution in [2.75, 3.05) is 26.3 Å². The van der Waals surface area contributed by atoms with Gasteiger partial charge in [0.05, 0.1) is 13.2 Å². The van der Waals surface area contributed by atoms with Crippen molar-refractivity contribution in [3.63, 3.8) is 0 Å². The lowest BCUT2D eigenvalue weighted by Crippen LogP contribution is -2.45. The zero-order chi connectivity index (χ0) is 10.4. The van der Waals surface area contributed by atoms with Crippen LogP contribution in [-0.4, -0.2) is 43.3 Å². The normalized spacial score (nSPS) is 27.4. The molecule has 1 fully saturated rings. The van der Waals surface area contributed by atoms with Crippen molar-refractivity contribution in [1.82, 2.24) is 4.90 Å². The number of nitrogens with two attached hydrogens (primary N) is 1. The number of piperidine rings is 1. The van der Waals surface area contributed by atoms with Gasteiger partial charge in [-0.05, 0) is 26.7 Å². The Morgan fingerprint density at radius 2 is 1.80 bits per heavy atom. The van der Waals surface area contributed by atoms with Crippen molar-refractivity contribution in [1.29, 1.82) is 0 Å². The van der Waals surface area contributed by atoms with E-state index in [0.717, 1.165) is 25.2 Å². The molecule has 3 nitrogen and oxygen atoms in total. The summed E-state index contributed by atoms with van der Waals surface area (Å²) in [5.74, 6) is 0. The van der Waals surface area contributed by atoms with Gasteiger partial charge in [-0.25, -0.2) is 0 Å². The van der Waals surface area contributed by atoms with E-state index in [-0.39, 0.29) is 12.4 Å². The molecule has 92 valence electrons. The highest BCUT2D eigenvalue weighted by atomic mass is 35.5. The minimum atomic E-state index is 0. The second-order valence-electron chi connectivity index (χ2n) is 4.27. The smallest absolute Gasteiger partial charge is 0.0594 e. The fraction of sp³-hybridized carbons (Fsp3) is 1.00. The minimum Gasteiger partial charge on any atom is -0.379 e. The van der Waals surface area contributed by atoms with Gasteiger partial charge in [-0.3, -0.25) is 4.90 Å². The van der Waals surface area contributed by atoms with Crippen LogP contribution in [0.25, 0.3) is 0 Å². The van der Waals surface area contributed by atoms with E-state index in [4.69, 9.17) is 10.5 Å². The summed E-state index contributed by atoms with van der Waals surface area (Å²) in [7, 11) is 0. The molecule has 0 aliphatic carbocycles. The lowest BCUT2D eigenvalue weighted by molar-refractivity contribution is 0.0520. The van der Waals surface area contributed by atoms with Gasteiger partial charge < -0.3 is 10.5 Å². The predicted octanol–water partition coefficient (Wildman–Crippen LogP) is 1.65. The average molecular weight is 237 g/mol. The van der Waals surface area contributed by atoms with E-state index in [9.17, 15) is 0 Å². The van der Waals surface area contributed by atoms with Gasteiger partial charge >= 0.3 is 0 Å². The zero-order valence-electron chi connectivity index (χ0n) is 9.95. The van der Waals surface area contributed by atoms with Crippen LogP contribution in [-0.2, 0) is 4.74 Å². The van der Waals surface area contributed by atoms with Crippen LogP contribution in [0.4, 0.5) is 0 Å². The third-order valence-corrected chi connectivity index (χ3v) is 3.13. The molecule has 0 saturated carbocycles. The first-order valence-electron chi connectivity index (χ1n) is 5.79. The molecular formula is C11H25ClN2O. The summed E-state index contributed by atoms with van der Waals surface area (Å²) < 4.78 is 5.42. The van der Waals surface area contributed by atoms with Gasteiger partial charge in [-0.2, -0.15) is 0 Å². The molecule has 1 rings (SSSR count). The van der Waals surface area contributed by atoms with Gasteiger partial charge in [0.15, 0.2) is 0 Å². The Balaban J connectivity index is 0.00000196. The molecule has 1 saturated heterocycles. The Morgan fingerprint density at radius 1 is 1.20 bits per heavy atom. The lowest BCUT2D eigenvalue weighted by Gasteiger charge is -2.38. The summed E-state index contributed by atoms with van der Waals surface area (Å²) in [5, 5.41) is 0. The molecule has 1 aliphatic rings. The van der Waals surface area contributed by atoms with E-state index < -0.39 is 0 Å². The standard InChI is InChI=1S/C11H24N2O.ClH/c1-10-4-3-5-11(2)13(10)7-9-14-8-6-12;/h10-11H,3-9,12H2,1-2H3;1H. The number of hydrogen-bond donors (Lipinski definition) is 1. The van der Waals surface area contributed by atoms with Crippen molar-refractivity contribution in [3.8, 4) is 0 Å². The van der Waals surface area contributed by atoms with Crippen molar-refractivity contribution >= 4 is 12.4 Å². The minimum absolute atomic E-state index is 0. The van der Waals surface area contributed by atoms with Crippen molar-refractivity contribution in [2.24, 2.45) is 5.73 Å². The monoisotopic (exact) mass is 236 g/mol. The fourth-order valence-electron chi connectivity index (χ4n) is 2.27. The molecule has 0 aromatic rings. The highest BCUT2D eigenvalue weighted by molar-refractivity contribution is 5.85. The van der Waals surface area contributed by atoms with Crippen molar-refractivity contribution in [3.05, 3.63) is 0 Å². The molecule has 1 heterocycles. The van der Waals surface area contributed by atoms with Gasteiger partial charge in [0.25, 0.3) is 0 Å². The van der Waals surface area contributed by atoms with Crippen LogP contribution in [0.2, 0.25) is 0 Å². The fourth-order valence-corrected chi connectivity index (χ4v) is 2.27. The molecule has 15 heavy (non-hydrogen) atoms. The number of hydrogen-bond acceptors (Lipinski definition) is 3. The highest BCUT2D eigenvalue weighted by Crippen LogP contribution is 2.21. The summed E-state index contributed by atoms with van der Waals surface area (Å²) in [6, 6.07) is 1.44. The second-order valence-corrected chi connectivity index (χ2v) is 4.27. The topological polar surface area (TPSA) is 38.5 Å². The quantitative estimate of drug-likeness (QED) is 0.738. The number of likely N-dealkylation sites (tertiary alicyclic amines) is 1. The summed E-state index contributed by atoms with van der Waals surface area (Å²) in [5.41, 5.74) is 5.36. The Labute approximate surface area is 99.7 Å². The SMILES string of the molecule is CC1CCCC(C)N1CCOCCN.Cl. The summed E-state index contributed by atoms with van der Waals surface area (Å²) in [6.45, 7) is 7.84. The average Bonchev–Trinajstić information content (AvgIpc) is 2.16. The number of rotatable bonds is 5. The third kappa shape index (κ3) is 5.16. The Hall–Kier alpha value is 0.170. The van der Waals surface area contributed by atoms with Crippen molar-refractivity contribution in [2.45, 2.75) is 45.2 Å². The van der Waals surface area contributed by atoms with Crippen LogP contribution in [0, 0.1) is 0 Å². The Kier molecular flexibility index (Phi) is 8.43. The van der Waals surface area contributed by atoms with E-state index in [1.165, 1.54) is 19.3 Å². The first-order chi connectivity index (χ1) is 6.75. The van der Waals surface area contributed by atoms with E-state index >= 15 is 0 Å². The van der Waals surface area contributed by atoms with Crippen LogP contribution in [0.15, 0.2) is 0 Å². The molecular weight excluding hydrogens is 212 g/mol. The van der Waals surface area contributed by atoms with E-state index in [0.29, 0.717) is 13.2 Å². The second kappa shape index (κ2) is 8.34. The number of nitrogens with zero attached hydrogens (tertiary/aromatic N) is 1. The van der Waals surface area contributed by atoms with Crippen LogP contribution in [0.3, 0.4) is 0 Å². The van der Waals surface area contributed by atoms with Crippen molar-refractivity contribution < 1.29 is 4.74 Å². The third-order valence-electron chi connectivity index (χ3n) is 3.13. The highest BCUT2D eigenvalue weighted by Gasteiger charge is 2.23. The zero-order valence-corrected chi connectivity index (χ0v) is 10.8. The largest absolute Gasteiger partial charge is 0.379 e. The molecule has 2 unspecified atom stereocenters. The molecule has 2 N–H and O–H groups in total. The molecule has 0 spiro atoms. The first kappa shape index (κ1) is 15.2. The molecule has 0 amide bonds. The van der Waals surface area contributed by atoms with Gasteiger partial charge in [0.2, 0.25) is 0 Å².